The van der Waals surface area contributed by atoms with Gasteiger partial charge in [-0.15, -0.1) is 0 Å². The molecule has 6 heteroatoms. The van der Waals surface area contributed by atoms with Crippen LogP contribution in [0.15, 0.2) is 24.3 Å². The Morgan fingerprint density at radius 2 is 2.00 bits per heavy atom. The van der Waals surface area contributed by atoms with Gasteiger partial charge in [-0.1, -0.05) is 18.2 Å². The van der Waals surface area contributed by atoms with E-state index >= 15 is 0 Å². The van der Waals surface area contributed by atoms with Crippen molar-refractivity contribution in [3.05, 3.63) is 29.8 Å². The van der Waals surface area contributed by atoms with Gasteiger partial charge in [0.25, 0.3) is 0 Å². The summed E-state index contributed by atoms with van der Waals surface area (Å²) in [6.45, 7) is 2.48. The monoisotopic (exact) mass is 332 g/mol. The lowest BCUT2D eigenvalue weighted by molar-refractivity contribution is -0.147. The van der Waals surface area contributed by atoms with Gasteiger partial charge in [0.1, 0.15) is 5.75 Å². The van der Waals surface area contributed by atoms with E-state index in [4.69, 9.17) is 9.47 Å². The molecule has 1 atom stereocenters. The predicted molar refractivity (Wildman–Crippen MR) is 88.6 cm³/mol. The maximum Gasteiger partial charge on any atom is 0.308 e. The number of methoxy groups -OCH3 is 1. The lowest BCUT2D eigenvalue weighted by atomic mass is 9.97. The van der Waals surface area contributed by atoms with Gasteiger partial charge in [0.15, 0.2) is 0 Å². The highest BCUT2D eigenvalue weighted by molar-refractivity contribution is 5.79. The Hall–Kier alpha value is -2.08. The number of carbonyl (C=O) groups is 2. The Morgan fingerprint density at radius 1 is 1.25 bits per heavy atom. The van der Waals surface area contributed by atoms with Crippen molar-refractivity contribution in [3.63, 3.8) is 0 Å². The Balaban J connectivity index is 1.50. The van der Waals surface area contributed by atoms with Crippen LogP contribution in [0.2, 0.25) is 0 Å². The highest BCUT2D eigenvalue weighted by atomic mass is 16.5. The first-order chi connectivity index (χ1) is 11.7. The van der Waals surface area contributed by atoms with Gasteiger partial charge in [-0.25, -0.2) is 0 Å². The number of benzene rings is 1. The molecule has 24 heavy (non-hydrogen) atoms. The largest absolute Gasteiger partial charge is 0.493 e. The Labute approximate surface area is 142 Å². The SMILES string of the molecule is COC(=O)C1CCN(CC(=O)NC2CCOc3ccccc32)CC1. The van der Waals surface area contributed by atoms with E-state index in [1.165, 1.54) is 7.11 Å². The Bertz CT molecular complexity index is 596. The third-order valence-corrected chi connectivity index (χ3v) is 4.78. The number of nitrogens with one attached hydrogen (secondary N) is 1. The number of ether oxygens (including phenoxy) is 2. The number of para-hydroxylation sites is 1. The Morgan fingerprint density at radius 3 is 2.75 bits per heavy atom. The van der Waals surface area contributed by atoms with Gasteiger partial charge in [0.2, 0.25) is 5.91 Å². The quantitative estimate of drug-likeness (QED) is 0.847. The zero-order valence-corrected chi connectivity index (χ0v) is 14.0. The summed E-state index contributed by atoms with van der Waals surface area (Å²) in [6, 6.07) is 7.85. The smallest absolute Gasteiger partial charge is 0.308 e. The minimum atomic E-state index is -0.141. The van der Waals surface area contributed by atoms with Crippen molar-refractivity contribution in [2.75, 3.05) is 33.4 Å². The molecule has 2 aliphatic heterocycles. The van der Waals surface area contributed by atoms with Crippen LogP contribution in [0, 0.1) is 5.92 Å². The van der Waals surface area contributed by atoms with E-state index in [0.717, 1.165) is 43.7 Å². The van der Waals surface area contributed by atoms with Crippen LogP contribution in [0.5, 0.6) is 5.75 Å². The molecule has 0 saturated carbocycles. The minimum Gasteiger partial charge on any atom is -0.493 e. The molecule has 1 N–H and O–H groups in total. The number of rotatable bonds is 4. The van der Waals surface area contributed by atoms with Gasteiger partial charge in [-0.05, 0) is 32.0 Å². The number of carbonyl (C=O) groups excluding carboxylic acids is 2. The van der Waals surface area contributed by atoms with Crippen molar-refractivity contribution < 1.29 is 19.1 Å². The molecule has 0 bridgehead atoms. The molecular formula is C18H24N2O4. The van der Waals surface area contributed by atoms with Crippen molar-refractivity contribution in [3.8, 4) is 5.75 Å². The fraction of sp³-hybridized carbons (Fsp3) is 0.556. The molecule has 1 amide bonds. The molecular weight excluding hydrogens is 308 g/mol. The van der Waals surface area contributed by atoms with E-state index in [-0.39, 0.29) is 23.8 Å². The zero-order valence-electron chi connectivity index (χ0n) is 14.0. The number of nitrogens with zero attached hydrogens (tertiary/aromatic N) is 1. The standard InChI is InChI=1S/C18H24N2O4/c1-23-18(22)13-6-9-20(10-7-13)12-17(21)19-15-8-11-24-16-5-3-2-4-14(15)16/h2-5,13,15H,6-12H2,1H3,(H,19,21). The molecule has 0 aromatic heterocycles. The molecule has 1 aromatic carbocycles. The summed E-state index contributed by atoms with van der Waals surface area (Å²) < 4.78 is 10.4. The maximum atomic E-state index is 12.4. The highest BCUT2D eigenvalue weighted by Gasteiger charge is 2.28. The number of fused-ring (bicyclic) bond motifs is 1. The van der Waals surface area contributed by atoms with Crippen LogP contribution in [0.1, 0.15) is 30.9 Å². The molecule has 6 nitrogen and oxygen atoms in total. The van der Waals surface area contributed by atoms with Crippen molar-refractivity contribution in [2.45, 2.75) is 25.3 Å². The molecule has 1 fully saturated rings. The van der Waals surface area contributed by atoms with Crippen LogP contribution in [-0.4, -0.2) is 50.1 Å². The van der Waals surface area contributed by atoms with Gasteiger partial charge in [-0.3, -0.25) is 14.5 Å². The van der Waals surface area contributed by atoms with Crippen LogP contribution in [0.4, 0.5) is 0 Å². The van der Waals surface area contributed by atoms with E-state index in [0.29, 0.717) is 13.2 Å². The van der Waals surface area contributed by atoms with Crippen LogP contribution < -0.4 is 10.1 Å². The normalized spacial score (nSPS) is 21.5. The number of hydrogen-bond acceptors (Lipinski definition) is 5. The molecule has 1 aromatic rings. The first-order valence-corrected chi connectivity index (χ1v) is 8.48. The summed E-state index contributed by atoms with van der Waals surface area (Å²) >= 11 is 0. The molecule has 2 aliphatic rings. The van der Waals surface area contributed by atoms with Gasteiger partial charge in [0, 0.05) is 12.0 Å². The fourth-order valence-electron chi connectivity index (χ4n) is 3.43. The summed E-state index contributed by atoms with van der Waals surface area (Å²) in [5.41, 5.74) is 1.04. The van der Waals surface area contributed by atoms with Crippen LogP contribution in [0.25, 0.3) is 0 Å². The summed E-state index contributed by atoms with van der Waals surface area (Å²) in [6.07, 6.45) is 2.28. The van der Waals surface area contributed by atoms with Gasteiger partial charge in [-0.2, -0.15) is 0 Å². The van der Waals surface area contributed by atoms with Gasteiger partial charge < -0.3 is 14.8 Å². The molecule has 1 saturated heterocycles. The van der Waals surface area contributed by atoms with Crippen LogP contribution in [0.3, 0.4) is 0 Å². The topological polar surface area (TPSA) is 67.9 Å². The first-order valence-electron chi connectivity index (χ1n) is 8.48. The van der Waals surface area contributed by atoms with Gasteiger partial charge >= 0.3 is 5.97 Å². The van der Waals surface area contributed by atoms with Crippen molar-refractivity contribution in [1.82, 2.24) is 10.2 Å². The van der Waals surface area contributed by atoms with Crippen molar-refractivity contribution >= 4 is 11.9 Å². The number of piperidine rings is 1. The molecule has 0 aliphatic carbocycles. The second kappa shape index (κ2) is 7.66. The molecule has 130 valence electrons. The van der Waals surface area contributed by atoms with Crippen molar-refractivity contribution in [1.29, 1.82) is 0 Å². The van der Waals surface area contributed by atoms with Gasteiger partial charge in [0.05, 0.1) is 32.2 Å². The number of hydrogen-bond donors (Lipinski definition) is 1. The van der Waals surface area contributed by atoms with E-state index in [2.05, 4.69) is 10.2 Å². The highest BCUT2D eigenvalue weighted by Crippen LogP contribution is 2.31. The predicted octanol–water partition coefficient (Wildman–Crippen LogP) is 1.51. The first kappa shape index (κ1) is 16.8. The second-order valence-corrected chi connectivity index (χ2v) is 6.37. The summed E-state index contributed by atoms with van der Waals surface area (Å²) in [5.74, 6) is 0.704. The van der Waals surface area contributed by atoms with E-state index in [1.807, 2.05) is 24.3 Å². The number of likely N-dealkylation sites (tertiary alicyclic amines) is 1. The lowest BCUT2D eigenvalue weighted by Crippen LogP contribution is -2.44. The molecule has 1 unspecified atom stereocenters. The summed E-state index contributed by atoms with van der Waals surface area (Å²) in [5, 5.41) is 3.12. The summed E-state index contributed by atoms with van der Waals surface area (Å²) in [7, 11) is 1.42. The molecule has 0 radical (unpaired) electrons. The average Bonchev–Trinajstić information content (AvgIpc) is 2.62. The van der Waals surface area contributed by atoms with E-state index in [9.17, 15) is 9.59 Å². The Kier molecular flexibility index (Phi) is 5.35. The van der Waals surface area contributed by atoms with Crippen molar-refractivity contribution in [2.24, 2.45) is 5.92 Å². The fourth-order valence-corrected chi connectivity index (χ4v) is 3.43. The summed E-state index contributed by atoms with van der Waals surface area (Å²) in [4.78, 5) is 26.0. The zero-order chi connectivity index (χ0) is 16.9. The molecule has 2 heterocycles. The number of esters is 1. The number of amides is 1. The molecule has 0 spiro atoms. The van der Waals surface area contributed by atoms with E-state index in [1.54, 1.807) is 0 Å². The third kappa shape index (κ3) is 3.87. The van der Waals surface area contributed by atoms with E-state index < -0.39 is 0 Å². The second-order valence-electron chi connectivity index (χ2n) is 6.37. The maximum absolute atomic E-state index is 12.4. The van der Waals surface area contributed by atoms with Crippen LogP contribution in [-0.2, 0) is 14.3 Å². The van der Waals surface area contributed by atoms with Crippen LogP contribution >= 0.6 is 0 Å². The average molecular weight is 332 g/mol. The lowest BCUT2D eigenvalue weighted by Gasteiger charge is -2.31. The third-order valence-electron chi connectivity index (χ3n) is 4.78. The molecule has 3 rings (SSSR count). The minimum absolute atomic E-state index is 0.00931.